The third-order valence-corrected chi connectivity index (χ3v) is 5.07. The number of aromatic nitrogens is 1. The Labute approximate surface area is 175 Å². The van der Waals surface area contributed by atoms with Gasteiger partial charge in [0.05, 0.1) is 39.2 Å². The summed E-state index contributed by atoms with van der Waals surface area (Å²) in [7, 11) is 1.67. The molecule has 7 heteroatoms. The van der Waals surface area contributed by atoms with Gasteiger partial charge in [0.2, 0.25) is 0 Å². The van der Waals surface area contributed by atoms with Gasteiger partial charge in [0.1, 0.15) is 18.1 Å². The number of nitrogens with two attached hydrogens (primary N) is 1. The summed E-state index contributed by atoms with van der Waals surface area (Å²) in [6, 6.07) is 17.7. The van der Waals surface area contributed by atoms with Gasteiger partial charge in [-0.05, 0) is 29.8 Å². The minimum Gasteiger partial charge on any atom is -0.497 e. The highest BCUT2D eigenvalue weighted by Crippen LogP contribution is 2.25. The number of benzene rings is 2. The van der Waals surface area contributed by atoms with Gasteiger partial charge in [-0.15, -0.1) is 11.3 Å². The van der Waals surface area contributed by atoms with E-state index in [9.17, 15) is 0 Å². The molecule has 29 heavy (non-hydrogen) atoms. The normalized spacial score (nSPS) is 10.8. The minimum absolute atomic E-state index is 0.414. The third kappa shape index (κ3) is 7.05. The molecule has 0 fully saturated rings. The van der Waals surface area contributed by atoms with Crippen molar-refractivity contribution in [2.75, 3.05) is 39.3 Å². The van der Waals surface area contributed by atoms with E-state index in [1.165, 1.54) is 11.3 Å². The van der Waals surface area contributed by atoms with E-state index in [1.54, 1.807) is 7.11 Å². The number of anilines is 1. The van der Waals surface area contributed by atoms with Crippen LogP contribution in [0, 0.1) is 0 Å². The van der Waals surface area contributed by atoms with Crippen LogP contribution < -0.4 is 15.2 Å². The van der Waals surface area contributed by atoms with E-state index < -0.39 is 0 Å². The zero-order valence-electron chi connectivity index (χ0n) is 16.5. The lowest BCUT2D eigenvalue weighted by Gasteiger charge is -2.08. The number of thiazole rings is 1. The van der Waals surface area contributed by atoms with Gasteiger partial charge >= 0.3 is 0 Å². The van der Waals surface area contributed by atoms with Crippen molar-refractivity contribution >= 4 is 16.5 Å². The lowest BCUT2D eigenvalue weighted by molar-refractivity contribution is 0.0294. The summed E-state index contributed by atoms with van der Waals surface area (Å²) in [6.45, 7) is 2.43. The molecule has 0 unspecified atom stereocenters. The molecule has 0 spiro atoms. The van der Waals surface area contributed by atoms with Crippen LogP contribution in [0.2, 0.25) is 0 Å². The fourth-order valence-corrected chi connectivity index (χ4v) is 3.62. The Kier molecular flexibility index (Phi) is 8.30. The second kappa shape index (κ2) is 11.4. The SMILES string of the molecule is COc1cccc(Cc2sc(N)nc2COCCOCCOc2ccccc2)c1. The molecule has 3 aromatic rings. The van der Waals surface area contributed by atoms with Crippen molar-refractivity contribution in [2.24, 2.45) is 0 Å². The molecule has 0 atom stereocenters. The van der Waals surface area contributed by atoms with Crippen LogP contribution in [0.1, 0.15) is 16.1 Å². The van der Waals surface area contributed by atoms with E-state index in [2.05, 4.69) is 11.1 Å². The van der Waals surface area contributed by atoms with Crippen LogP contribution in [0.5, 0.6) is 11.5 Å². The third-order valence-electron chi connectivity index (χ3n) is 4.14. The monoisotopic (exact) mass is 414 g/mol. The fourth-order valence-electron chi connectivity index (χ4n) is 2.75. The standard InChI is InChI=1S/C22H26N2O4S/c1-25-19-9-5-6-17(14-19)15-21-20(24-22(23)29-21)16-27-11-10-26-12-13-28-18-7-3-2-4-8-18/h2-9,14H,10-13,15-16H2,1H3,(H2,23,24). The van der Waals surface area contributed by atoms with Crippen LogP contribution in [0.3, 0.4) is 0 Å². The van der Waals surface area contributed by atoms with E-state index >= 15 is 0 Å². The van der Waals surface area contributed by atoms with Crippen LogP contribution in [-0.2, 0) is 22.5 Å². The van der Waals surface area contributed by atoms with Gasteiger partial charge in [-0.1, -0.05) is 30.3 Å². The zero-order chi connectivity index (χ0) is 20.3. The molecular weight excluding hydrogens is 388 g/mol. The van der Waals surface area contributed by atoms with E-state index in [4.69, 9.17) is 24.7 Å². The van der Waals surface area contributed by atoms with E-state index in [0.29, 0.717) is 38.2 Å². The highest BCUT2D eigenvalue weighted by atomic mass is 32.1. The summed E-state index contributed by atoms with van der Waals surface area (Å²) in [6.07, 6.45) is 0.748. The fraction of sp³-hybridized carbons (Fsp3) is 0.318. The summed E-state index contributed by atoms with van der Waals surface area (Å²) in [5, 5.41) is 0.552. The van der Waals surface area contributed by atoms with Crippen molar-refractivity contribution in [2.45, 2.75) is 13.0 Å². The van der Waals surface area contributed by atoms with Gasteiger partial charge in [-0.25, -0.2) is 4.98 Å². The maximum absolute atomic E-state index is 5.91. The van der Waals surface area contributed by atoms with Crippen molar-refractivity contribution in [3.63, 3.8) is 0 Å². The molecule has 6 nitrogen and oxygen atoms in total. The number of para-hydroxylation sites is 1. The summed E-state index contributed by atoms with van der Waals surface area (Å²) in [5.41, 5.74) is 7.94. The van der Waals surface area contributed by atoms with Gasteiger partial charge < -0.3 is 24.7 Å². The van der Waals surface area contributed by atoms with Crippen LogP contribution in [0.25, 0.3) is 0 Å². The molecule has 0 aliphatic carbocycles. The number of methoxy groups -OCH3 is 1. The predicted molar refractivity (Wildman–Crippen MR) is 115 cm³/mol. The highest BCUT2D eigenvalue weighted by Gasteiger charge is 2.11. The topological polar surface area (TPSA) is 75.8 Å². The van der Waals surface area contributed by atoms with Crippen molar-refractivity contribution in [1.29, 1.82) is 0 Å². The van der Waals surface area contributed by atoms with Crippen molar-refractivity contribution in [1.82, 2.24) is 4.98 Å². The average Bonchev–Trinajstić information content (AvgIpc) is 3.09. The largest absolute Gasteiger partial charge is 0.497 e. The summed E-state index contributed by atoms with van der Waals surface area (Å²) in [5.74, 6) is 1.68. The van der Waals surface area contributed by atoms with Gasteiger partial charge in [0, 0.05) is 11.3 Å². The smallest absolute Gasteiger partial charge is 0.180 e. The molecule has 0 amide bonds. The molecule has 3 rings (SSSR count). The molecule has 2 aromatic carbocycles. The quantitative estimate of drug-likeness (QED) is 0.453. The Balaban J connectivity index is 1.36. The molecule has 154 valence electrons. The first kappa shape index (κ1) is 21.1. The molecule has 0 saturated heterocycles. The highest BCUT2D eigenvalue weighted by molar-refractivity contribution is 7.15. The zero-order valence-corrected chi connectivity index (χ0v) is 17.3. The number of hydrogen-bond acceptors (Lipinski definition) is 7. The number of rotatable bonds is 12. The lowest BCUT2D eigenvalue weighted by Crippen LogP contribution is -2.11. The molecule has 0 aliphatic heterocycles. The Morgan fingerprint density at radius 2 is 1.66 bits per heavy atom. The molecule has 2 N–H and O–H groups in total. The van der Waals surface area contributed by atoms with Crippen molar-refractivity contribution < 1.29 is 18.9 Å². The van der Waals surface area contributed by atoms with Crippen molar-refractivity contribution in [3.8, 4) is 11.5 Å². The Morgan fingerprint density at radius 3 is 2.48 bits per heavy atom. The number of ether oxygens (including phenoxy) is 4. The minimum atomic E-state index is 0.414. The molecule has 1 aromatic heterocycles. The predicted octanol–water partition coefficient (Wildman–Crippen LogP) is 3.94. The van der Waals surface area contributed by atoms with Crippen LogP contribution in [0.4, 0.5) is 5.13 Å². The van der Waals surface area contributed by atoms with Gasteiger partial charge in [0.15, 0.2) is 5.13 Å². The first-order valence-corrected chi connectivity index (χ1v) is 10.3. The Morgan fingerprint density at radius 1 is 0.897 bits per heavy atom. The van der Waals surface area contributed by atoms with E-state index in [1.807, 2.05) is 48.5 Å². The number of nitrogen functional groups attached to an aromatic ring is 1. The molecule has 0 aliphatic rings. The molecule has 0 saturated carbocycles. The van der Waals surface area contributed by atoms with Gasteiger partial charge in [-0.3, -0.25) is 0 Å². The van der Waals surface area contributed by atoms with Crippen LogP contribution in [0.15, 0.2) is 54.6 Å². The second-order valence-electron chi connectivity index (χ2n) is 6.28. The van der Waals surface area contributed by atoms with Crippen molar-refractivity contribution in [3.05, 3.63) is 70.7 Å². The van der Waals surface area contributed by atoms with Gasteiger partial charge in [-0.2, -0.15) is 0 Å². The lowest BCUT2D eigenvalue weighted by atomic mass is 10.1. The first-order valence-electron chi connectivity index (χ1n) is 9.45. The summed E-state index contributed by atoms with van der Waals surface area (Å²) >= 11 is 1.49. The van der Waals surface area contributed by atoms with Crippen LogP contribution >= 0.6 is 11.3 Å². The first-order chi connectivity index (χ1) is 14.2. The summed E-state index contributed by atoms with van der Waals surface area (Å²) in [4.78, 5) is 5.51. The molecule has 0 radical (unpaired) electrons. The average molecular weight is 415 g/mol. The van der Waals surface area contributed by atoms with E-state index in [0.717, 1.165) is 34.1 Å². The van der Waals surface area contributed by atoms with Gasteiger partial charge in [0.25, 0.3) is 0 Å². The molecular formula is C22H26N2O4S. The van der Waals surface area contributed by atoms with Crippen LogP contribution in [-0.4, -0.2) is 38.5 Å². The number of hydrogen-bond donors (Lipinski definition) is 1. The Hall–Kier alpha value is -2.61. The second-order valence-corrected chi connectivity index (χ2v) is 7.39. The summed E-state index contributed by atoms with van der Waals surface area (Å²) < 4.78 is 22.1. The van der Waals surface area contributed by atoms with E-state index in [-0.39, 0.29) is 0 Å². The maximum Gasteiger partial charge on any atom is 0.180 e. The Bertz CT molecular complexity index is 870. The molecule has 0 bridgehead atoms. The maximum atomic E-state index is 5.91. The molecule has 1 heterocycles. The number of nitrogens with zero attached hydrogens (tertiary/aromatic N) is 1.